The first-order valence-electron chi connectivity index (χ1n) is 7.01. The molecule has 2 heteroatoms. The number of nitrogens with zero attached hydrogens (tertiary/aromatic N) is 1. The second-order valence-corrected chi connectivity index (χ2v) is 5.40. The first-order chi connectivity index (χ1) is 8.52. The van der Waals surface area contributed by atoms with Crippen LogP contribution >= 0.6 is 0 Å². The van der Waals surface area contributed by atoms with Crippen molar-refractivity contribution < 1.29 is 0 Å². The number of rotatable bonds is 6. The lowest BCUT2D eigenvalue weighted by Crippen LogP contribution is -2.34. The molecule has 2 atom stereocenters. The molecule has 0 spiro atoms. The van der Waals surface area contributed by atoms with Crippen molar-refractivity contribution in [2.75, 3.05) is 19.0 Å². The minimum atomic E-state index is 0.433. The van der Waals surface area contributed by atoms with E-state index in [1.165, 1.54) is 11.3 Å². The fourth-order valence-corrected chi connectivity index (χ4v) is 2.35. The standard InChI is InChI=1S/C16H28N2/c1-7-15(17-5)14-10-8-9-11-16(14)18(6)13(4)12(2)3/h8-13,15,17H,7H2,1-6H3. The molecule has 0 heterocycles. The number of anilines is 1. The number of benzene rings is 1. The van der Waals surface area contributed by atoms with Crippen molar-refractivity contribution in [2.45, 2.75) is 46.2 Å². The largest absolute Gasteiger partial charge is 0.371 e. The van der Waals surface area contributed by atoms with E-state index in [2.05, 4.69) is 69.2 Å². The maximum atomic E-state index is 3.40. The summed E-state index contributed by atoms with van der Waals surface area (Å²) in [4.78, 5) is 2.40. The molecule has 1 N–H and O–H groups in total. The van der Waals surface area contributed by atoms with Crippen molar-refractivity contribution in [1.29, 1.82) is 0 Å². The van der Waals surface area contributed by atoms with Crippen LogP contribution in [0.5, 0.6) is 0 Å². The Morgan fingerprint density at radius 1 is 1.17 bits per heavy atom. The molecule has 0 saturated heterocycles. The monoisotopic (exact) mass is 248 g/mol. The predicted octanol–water partition coefficient (Wildman–Crippen LogP) is 3.84. The highest BCUT2D eigenvalue weighted by atomic mass is 15.1. The lowest BCUT2D eigenvalue weighted by Gasteiger charge is -2.33. The molecule has 2 unspecified atom stereocenters. The predicted molar refractivity (Wildman–Crippen MR) is 81.2 cm³/mol. The Morgan fingerprint density at radius 2 is 1.78 bits per heavy atom. The lowest BCUT2D eigenvalue weighted by molar-refractivity contribution is 0.500. The summed E-state index contributed by atoms with van der Waals surface area (Å²) in [6, 6.07) is 9.71. The fourth-order valence-electron chi connectivity index (χ4n) is 2.35. The second kappa shape index (κ2) is 6.79. The highest BCUT2D eigenvalue weighted by Gasteiger charge is 2.19. The van der Waals surface area contributed by atoms with Crippen molar-refractivity contribution in [2.24, 2.45) is 5.92 Å². The third kappa shape index (κ3) is 3.26. The van der Waals surface area contributed by atoms with E-state index in [0.717, 1.165) is 6.42 Å². The Kier molecular flexibility index (Phi) is 5.67. The summed E-state index contributed by atoms with van der Waals surface area (Å²) >= 11 is 0. The number of para-hydroxylation sites is 1. The molecular formula is C16H28N2. The summed E-state index contributed by atoms with van der Waals surface area (Å²) in [5.41, 5.74) is 2.75. The third-order valence-corrected chi connectivity index (χ3v) is 4.02. The summed E-state index contributed by atoms with van der Waals surface area (Å²) in [5.74, 6) is 0.651. The average molecular weight is 248 g/mol. The van der Waals surface area contributed by atoms with E-state index in [1.807, 2.05) is 7.05 Å². The zero-order chi connectivity index (χ0) is 13.7. The Labute approximate surface area is 112 Å². The van der Waals surface area contributed by atoms with E-state index in [-0.39, 0.29) is 0 Å². The highest BCUT2D eigenvalue weighted by Crippen LogP contribution is 2.29. The molecule has 18 heavy (non-hydrogen) atoms. The van der Waals surface area contributed by atoms with Gasteiger partial charge in [-0.15, -0.1) is 0 Å². The van der Waals surface area contributed by atoms with Gasteiger partial charge in [0.05, 0.1) is 0 Å². The third-order valence-electron chi connectivity index (χ3n) is 4.02. The van der Waals surface area contributed by atoms with Gasteiger partial charge in [-0.3, -0.25) is 0 Å². The summed E-state index contributed by atoms with van der Waals surface area (Å²) in [7, 11) is 4.24. The second-order valence-electron chi connectivity index (χ2n) is 5.40. The molecular weight excluding hydrogens is 220 g/mol. The molecule has 0 amide bonds. The minimum Gasteiger partial charge on any atom is -0.371 e. The van der Waals surface area contributed by atoms with Gasteiger partial charge in [-0.25, -0.2) is 0 Å². The van der Waals surface area contributed by atoms with Gasteiger partial charge in [0.1, 0.15) is 0 Å². The van der Waals surface area contributed by atoms with E-state index >= 15 is 0 Å². The van der Waals surface area contributed by atoms with E-state index in [1.54, 1.807) is 0 Å². The molecule has 0 aliphatic heterocycles. The summed E-state index contributed by atoms with van der Waals surface area (Å²) < 4.78 is 0. The van der Waals surface area contributed by atoms with Crippen molar-refractivity contribution in [1.82, 2.24) is 5.32 Å². The maximum Gasteiger partial charge on any atom is 0.0414 e. The summed E-state index contributed by atoms with van der Waals surface area (Å²) in [5, 5.41) is 3.40. The summed E-state index contributed by atoms with van der Waals surface area (Å²) in [6.45, 7) is 9.07. The molecule has 0 aromatic heterocycles. The SMILES string of the molecule is CCC(NC)c1ccccc1N(C)C(C)C(C)C. The topological polar surface area (TPSA) is 15.3 Å². The molecule has 1 aromatic rings. The lowest BCUT2D eigenvalue weighted by atomic mass is 9.99. The van der Waals surface area contributed by atoms with Gasteiger partial charge in [0, 0.05) is 24.8 Å². The van der Waals surface area contributed by atoms with Gasteiger partial charge in [0.15, 0.2) is 0 Å². The molecule has 2 nitrogen and oxygen atoms in total. The molecule has 1 rings (SSSR count). The Morgan fingerprint density at radius 3 is 2.28 bits per heavy atom. The van der Waals surface area contributed by atoms with Gasteiger partial charge in [-0.05, 0) is 37.9 Å². The zero-order valence-corrected chi connectivity index (χ0v) is 12.7. The van der Waals surface area contributed by atoms with E-state index in [0.29, 0.717) is 18.0 Å². The van der Waals surface area contributed by atoms with Crippen LogP contribution in [-0.4, -0.2) is 20.1 Å². The number of hydrogen-bond donors (Lipinski definition) is 1. The quantitative estimate of drug-likeness (QED) is 0.823. The van der Waals surface area contributed by atoms with Crippen LogP contribution in [0, 0.1) is 5.92 Å². The number of hydrogen-bond acceptors (Lipinski definition) is 2. The van der Waals surface area contributed by atoms with Crippen LogP contribution in [0.15, 0.2) is 24.3 Å². The van der Waals surface area contributed by atoms with Crippen LogP contribution in [-0.2, 0) is 0 Å². The first-order valence-corrected chi connectivity index (χ1v) is 7.01. The van der Waals surface area contributed by atoms with Gasteiger partial charge in [-0.2, -0.15) is 0 Å². The van der Waals surface area contributed by atoms with Crippen molar-refractivity contribution in [3.63, 3.8) is 0 Å². The first kappa shape index (κ1) is 15.0. The van der Waals surface area contributed by atoms with E-state index in [4.69, 9.17) is 0 Å². The Bertz CT molecular complexity index is 356. The summed E-state index contributed by atoms with van der Waals surface area (Å²) in [6.07, 6.45) is 1.11. The highest BCUT2D eigenvalue weighted by molar-refractivity contribution is 5.55. The van der Waals surface area contributed by atoms with Gasteiger partial charge in [0.2, 0.25) is 0 Å². The fraction of sp³-hybridized carbons (Fsp3) is 0.625. The van der Waals surface area contributed by atoms with Crippen LogP contribution in [0.25, 0.3) is 0 Å². The molecule has 0 fully saturated rings. The van der Waals surface area contributed by atoms with Crippen molar-refractivity contribution in [3.05, 3.63) is 29.8 Å². The van der Waals surface area contributed by atoms with Crippen LogP contribution in [0.2, 0.25) is 0 Å². The Hall–Kier alpha value is -1.02. The number of nitrogens with one attached hydrogen (secondary N) is 1. The smallest absolute Gasteiger partial charge is 0.0414 e. The normalized spacial score (nSPS) is 14.6. The molecule has 0 saturated carbocycles. The molecule has 0 aliphatic rings. The minimum absolute atomic E-state index is 0.433. The van der Waals surface area contributed by atoms with Crippen LogP contribution in [0.1, 0.15) is 45.7 Å². The zero-order valence-electron chi connectivity index (χ0n) is 12.7. The van der Waals surface area contributed by atoms with Gasteiger partial charge in [-0.1, -0.05) is 39.0 Å². The van der Waals surface area contributed by atoms with Gasteiger partial charge >= 0.3 is 0 Å². The van der Waals surface area contributed by atoms with Crippen molar-refractivity contribution >= 4 is 5.69 Å². The van der Waals surface area contributed by atoms with Crippen molar-refractivity contribution in [3.8, 4) is 0 Å². The van der Waals surface area contributed by atoms with Crippen LogP contribution < -0.4 is 10.2 Å². The van der Waals surface area contributed by atoms with E-state index < -0.39 is 0 Å². The van der Waals surface area contributed by atoms with Gasteiger partial charge < -0.3 is 10.2 Å². The van der Waals surface area contributed by atoms with Crippen LogP contribution in [0.3, 0.4) is 0 Å². The molecule has 0 bridgehead atoms. The molecule has 1 aromatic carbocycles. The molecule has 0 radical (unpaired) electrons. The maximum absolute atomic E-state index is 3.40. The molecule has 102 valence electrons. The molecule has 0 aliphatic carbocycles. The van der Waals surface area contributed by atoms with Gasteiger partial charge in [0.25, 0.3) is 0 Å². The van der Waals surface area contributed by atoms with Crippen LogP contribution in [0.4, 0.5) is 5.69 Å². The van der Waals surface area contributed by atoms with E-state index in [9.17, 15) is 0 Å². The Balaban J connectivity index is 3.08. The average Bonchev–Trinajstić information content (AvgIpc) is 2.39.